The molecule has 1 aliphatic heterocycles. The lowest BCUT2D eigenvalue weighted by Crippen LogP contribution is -2.53. The van der Waals surface area contributed by atoms with Gasteiger partial charge in [-0.1, -0.05) is 0 Å². The van der Waals surface area contributed by atoms with Gasteiger partial charge < -0.3 is 19.7 Å². The number of alkyl halides is 1. The second kappa shape index (κ2) is 8.85. The van der Waals surface area contributed by atoms with Gasteiger partial charge in [0.2, 0.25) is 0 Å². The van der Waals surface area contributed by atoms with E-state index >= 15 is 0 Å². The number of hydrogen-bond donors (Lipinski definition) is 1. The Balaban J connectivity index is 1.79. The number of benzene rings is 1. The Morgan fingerprint density at radius 2 is 2.07 bits per heavy atom. The molecular formula is C22H27F2N3O3. The van der Waals surface area contributed by atoms with E-state index in [9.17, 15) is 13.6 Å². The minimum atomic E-state index is -1.30. The molecule has 1 amide bonds. The summed E-state index contributed by atoms with van der Waals surface area (Å²) in [6.45, 7) is 5.81. The number of rotatable bonds is 4. The summed E-state index contributed by atoms with van der Waals surface area (Å²) in [6.07, 6.45) is 1.61. The number of pyridine rings is 1. The highest BCUT2D eigenvalue weighted by Gasteiger charge is 2.32. The van der Waals surface area contributed by atoms with Gasteiger partial charge in [0.1, 0.15) is 17.6 Å². The van der Waals surface area contributed by atoms with Gasteiger partial charge in [-0.3, -0.25) is 0 Å². The Morgan fingerprint density at radius 3 is 2.73 bits per heavy atom. The summed E-state index contributed by atoms with van der Waals surface area (Å²) in [4.78, 5) is 18.3. The molecule has 1 saturated heterocycles. The third-order valence-corrected chi connectivity index (χ3v) is 4.76. The number of methoxy groups -OCH3 is 1. The number of piperidine rings is 1. The number of hydrogen-bond acceptors (Lipinski definition) is 5. The summed E-state index contributed by atoms with van der Waals surface area (Å²) >= 11 is 0. The van der Waals surface area contributed by atoms with Crippen LogP contribution in [0.3, 0.4) is 0 Å². The highest BCUT2D eigenvalue weighted by molar-refractivity contribution is 5.92. The van der Waals surface area contributed by atoms with Crippen molar-refractivity contribution in [1.29, 1.82) is 0 Å². The maximum atomic E-state index is 14.9. The first-order valence-corrected chi connectivity index (χ1v) is 9.85. The number of ether oxygens (including phenoxy) is 2. The number of carbonyl (C=O) groups is 1. The smallest absolute Gasteiger partial charge is 0.407 e. The maximum absolute atomic E-state index is 14.9. The van der Waals surface area contributed by atoms with Crippen molar-refractivity contribution in [3.05, 3.63) is 42.0 Å². The van der Waals surface area contributed by atoms with Crippen molar-refractivity contribution in [1.82, 2.24) is 10.3 Å². The number of halogens is 2. The van der Waals surface area contributed by atoms with E-state index in [0.29, 0.717) is 35.2 Å². The molecule has 0 radical (unpaired) electrons. The molecule has 30 heavy (non-hydrogen) atoms. The third kappa shape index (κ3) is 5.17. The first-order chi connectivity index (χ1) is 14.2. The van der Waals surface area contributed by atoms with Crippen LogP contribution in [0.5, 0.6) is 0 Å². The molecule has 0 bridgehead atoms. The van der Waals surface area contributed by atoms with Crippen LogP contribution in [0, 0.1) is 5.82 Å². The molecule has 162 valence electrons. The molecule has 1 aliphatic rings. The van der Waals surface area contributed by atoms with Crippen molar-refractivity contribution in [3.8, 4) is 0 Å². The summed E-state index contributed by atoms with van der Waals surface area (Å²) < 4.78 is 39.3. The Kier molecular flexibility index (Phi) is 6.43. The van der Waals surface area contributed by atoms with Gasteiger partial charge in [-0.2, -0.15) is 0 Å². The van der Waals surface area contributed by atoms with Crippen LogP contribution < -0.4 is 10.2 Å². The zero-order valence-corrected chi connectivity index (χ0v) is 17.6. The maximum Gasteiger partial charge on any atom is 0.407 e. The highest BCUT2D eigenvalue weighted by atomic mass is 19.1. The second-order valence-corrected chi connectivity index (χ2v) is 8.24. The predicted octanol–water partition coefficient (Wildman–Crippen LogP) is 4.43. The SMILES string of the molecule is CO/C=C\c1ccc2c(F)ccc(N3CCC(NC(=O)OC(C)(C)C)C(F)C3)c2n1. The summed E-state index contributed by atoms with van der Waals surface area (Å²) in [5, 5.41) is 2.98. The molecular weight excluding hydrogens is 392 g/mol. The van der Waals surface area contributed by atoms with E-state index in [1.807, 2.05) is 4.90 Å². The van der Waals surface area contributed by atoms with Crippen LogP contribution in [-0.2, 0) is 9.47 Å². The average molecular weight is 419 g/mol. The van der Waals surface area contributed by atoms with Crippen LogP contribution in [-0.4, -0.2) is 49.1 Å². The van der Waals surface area contributed by atoms with Crippen LogP contribution in [0.2, 0.25) is 0 Å². The van der Waals surface area contributed by atoms with E-state index in [1.165, 1.54) is 19.4 Å². The van der Waals surface area contributed by atoms with Gasteiger partial charge >= 0.3 is 6.09 Å². The fourth-order valence-electron chi connectivity index (χ4n) is 3.41. The molecule has 2 atom stereocenters. The van der Waals surface area contributed by atoms with Crippen molar-refractivity contribution in [3.63, 3.8) is 0 Å². The highest BCUT2D eigenvalue weighted by Crippen LogP contribution is 2.30. The Labute approximate surface area is 174 Å². The monoisotopic (exact) mass is 419 g/mol. The van der Waals surface area contributed by atoms with Gasteiger partial charge in [-0.05, 0) is 57.5 Å². The van der Waals surface area contributed by atoms with Gasteiger partial charge in [0.05, 0.1) is 42.9 Å². The number of nitrogens with zero attached hydrogens (tertiary/aromatic N) is 2. The topological polar surface area (TPSA) is 63.7 Å². The fraction of sp³-hybridized carbons (Fsp3) is 0.455. The summed E-state index contributed by atoms with van der Waals surface area (Å²) in [5.74, 6) is -0.387. The van der Waals surface area contributed by atoms with E-state index in [1.54, 1.807) is 45.0 Å². The Hall–Kier alpha value is -2.90. The molecule has 2 heterocycles. The minimum absolute atomic E-state index is 0.0566. The number of carbonyl (C=O) groups excluding carboxylic acids is 1. The van der Waals surface area contributed by atoms with Crippen molar-refractivity contribution < 1.29 is 23.0 Å². The molecule has 6 nitrogen and oxygen atoms in total. The van der Waals surface area contributed by atoms with E-state index < -0.39 is 23.9 Å². The van der Waals surface area contributed by atoms with Crippen molar-refractivity contribution >= 4 is 28.8 Å². The normalized spacial score (nSPS) is 19.9. The molecule has 0 saturated carbocycles. The largest absolute Gasteiger partial charge is 0.504 e. The van der Waals surface area contributed by atoms with E-state index in [2.05, 4.69) is 10.3 Å². The number of nitrogens with one attached hydrogen (secondary N) is 1. The standard InChI is InChI=1S/C22H27F2N3O3/c1-22(2,3)30-21(28)26-18-9-11-27(13-17(18)24)19-8-7-16(23)15-6-5-14(10-12-29-4)25-20(15)19/h5-8,10,12,17-18H,9,11,13H2,1-4H3,(H,26,28)/b12-10-. The molecule has 1 aromatic heterocycles. The molecule has 1 fully saturated rings. The molecule has 2 unspecified atom stereocenters. The van der Waals surface area contributed by atoms with Crippen LogP contribution in [0.1, 0.15) is 32.9 Å². The number of alkyl carbamates (subject to hydrolysis) is 1. The van der Waals surface area contributed by atoms with E-state index in [-0.39, 0.29) is 12.4 Å². The second-order valence-electron chi connectivity index (χ2n) is 8.24. The first kappa shape index (κ1) is 21.8. The van der Waals surface area contributed by atoms with Gasteiger partial charge in [0, 0.05) is 11.9 Å². The van der Waals surface area contributed by atoms with E-state index in [0.717, 1.165) is 0 Å². The molecule has 2 aromatic rings. The van der Waals surface area contributed by atoms with Crippen molar-refractivity contribution in [2.24, 2.45) is 0 Å². The summed E-state index contributed by atoms with van der Waals surface area (Å²) in [7, 11) is 1.53. The fourth-order valence-corrected chi connectivity index (χ4v) is 3.41. The lowest BCUT2D eigenvalue weighted by Gasteiger charge is -2.37. The van der Waals surface area contributed by atoms with Crippen LogP contribution >= 0.6 is 0 Å². The van der Waals surface area contributed by atoms with Gasteiger partial charge in [0.15, 0.2) is 0 Å². The van der Waals surface area contributed by atoms with Gasteiger partial charge in [0.25, 0.3) is 0 Å². The number of amides is 1. The molecule has 1 N–H and O–H groups in total. The van der Waals surface area contributed by atoms with E-state index in [4.69, 9.17) is 9.47 Å². The first-order valence-electron chi connectivity index (χ1n) is 9.85. The molecule has 0 spiro atoms. The van der Waals surface area contributed by atoms with Crippen LogP contribution in [0.15, 0.2) is 30.5 Å². The minimum Gasteiger partial charge on any atom is -0.504 e. The average Bonchev–Trinajstić information content (AvgIpc) is 2.67. The Bertz CT molecular complexity index is 943. The zero-order valence-electron chi connectivity index (χ0n) is 17.6. The van der Waals surface area contributed by atoms with Crippen molar-refractivity contribution in [2.75, 3.05) is 25.1 Å². The lowest BCUT2D eigenvalue weighted by molar-refractivity contribution is 0.0463. The summed E-state index contributed by atoms with van der Waals surface area (Å²) in [5.41, 5.74) is 1.07. The molecule has 3 rings (SSSR count). The zero-order chi connectivity index (χ0) is 21.9. The number of anilines is 1. The molecule has 8 heteroatoms. The predicted molar refractivity (Wildman–Crippen MR) is 113 cm³/mol. The number of aromatic nitrogens is 1. The lowest BCUT2D eigenvalue weighted by atomic mass is 10.0. The quantitative estimate of drug-likeness (QED) is 0.743. The third-order valence-electron chi connectivity index (χ3n) is 4.76. The summed E-state index contributed by atoms with van der Waals surface area (Å²) in [6, 6.07) is 5.68. The van der Waals surface area contributed by atoms with Gasteiger partial charge in [-0.25, -0.2) is 18.6 Å². The van der Waals surface area contributed by atoms with Gasteiger partial charge in [-0.15, -0.1) is 0 Å². The van der Waals surface area contributed by atoms with Crippen molar-refractivity contribution in [2.45, 2.75) is 45.0 Å². The Morgan fingerprint density at radius 1 is 1.30 bits per heavy atom. The van der Waals surface area contributed by atoms with Crippen LogP contribution in [0.4, 0.5) is 19.3 Å². The molecule has 0 aliphatic carbocycles. The molecule has 1 aromatic carbocycles. The van der Waals surface area contributed by atoms with Crippen LogP contribution in [0.25, 0.3) is 17.0 Å². The number of fused-ring (bicyclic) bond motifs is 1.